The van der Waals surface area contributed by atoms with Crippen molar-refractivity contribution in [2.45, 2.75) is 12.3 Å². The first-order chi connectivity index (χ1) is 13.8. The lowest BCUT2D eigenvalue weighted by Gasteiger charge is -2.32. The van der Waals surface area contributed by atoms with Crippen molar-refractivity contribution in [1.29, 1.82) is 0 Å². The average molecular weight is 372 g/mol. The molecule has 1 aliphatic rings. The number of H-pyrrole nitrogens is 1. The summed E-state index contributed by atoms with van der Waals surface area (Å²) in [5.41, 5.74) is 2.39. The van der Waals surface area contributed by atoms with Crippen LogP contribution in [0.1, 0.15) is 23.5 Å². The topological polar surface area (TPSA) is 37.7 Å². The Hall–Kier alpha value is -3.14. The van der Waals surface area contributed by atoms with Gasteiger partial charge in [-0.3, -0.25) is 9.69 Å². The second-order valence-electron chi connectivity index (χ2n) is 7.19. The van der Waals surface area contributed by atoms with Crippen molar-refractivity contribution in [3.63, 3.8) is 0 Å². The van der Waals surface area contributed by atoms with Crippen LogP contribution in [0.3, 0.4) is 0 Å². The molecule has 4 rings (SSSR count). The zero-order valence-corrected chi connectivity index (χ0v) is 16.0. The van der Waals surface area contributed by atoms with E-state index in [2.05, 4.69) is 40.2 Å². The molecule has 1 N–H and O–H groups in total. The minimum absolute atomic E-state index is 0.0930. The highest BCUT2D eigenvalue weighted by Crippen LogP contribution is 2.28. The average Bonchev–Trinajstić information content (AvgIpc) is 2.79. The van der Waals surface area contributed by atoms with E-state index in [0.29, 0.717) is 6.42 Å². The molecule has 2 heterocycles. The molecule has 0 unspecified atom stereocenters. The lowest BCUT2D eigenvalue weighted by Crippen LogP contribution is -2.50. The zero-order chi connectivity index (χ0) is 19.2. The summed E-state index contributed by atoms with van der Waals surface area (Å²) in [5, 5.41) is 0. The Bertz CT molecular complexity index is 836. The molecule has 1 aliphatic heterocycles. The van der Waals surface area contributed by atoms with E-state index in [4.69, 9.17) is 0 Å². The van der Waals surface area contributed by atoms with Crippen molar-refractivity contribution < 1.29 is 9.78 Å². The van der Waals surface area contributed by atoms with Gasteiger partial charge in [0.15, 0.2) is 0 Å². The van der Waals surface area contributed by atoms with Gasteiger partial charge in [-0.15, -0.1) is 0 Å². The molecule has 0 aliphatic carbocycles. The molecule has 0 bridgehead atoms. The highest BCUT2D eigenvalue weighted by molar-refractivity contribution is 5.78. The van der Waals surface area contributed by atoms with Gasteiger partial charge in [-0.2, -0.15) is 0 Å². The fourth-order valence-electron chi connectivity index (χ4n) is 3.88. The maximum atomic E-state index is 13.1. The van der Waals surface area contributed by atoms with Crippen LogP contribution in [-0.4, -0.2) is 37.0 Å². The smallest absolute Gasteiger partial charge is 0.274 e. The molecule has 0 saturated carbocycles. The van der Waals surface area contributed by atoms with E-state index in [1.165, 1.54) is 11.1 Å². The summed E-state index contributed by atoms with van der Waals surface area (Å²) in [6, 6.07) is 26.8. The number of carbonyl (C=O) groups is 1. The number of aromatic amines is 1. The van der Waals surface area contributed by atoms with Gasteiger partial charge in [0.2, 0.25) is 5.91 Å². The molecule has 1 aromatic heterocycles. The van der Waals surface area contributed by atoms with Gasteiger partial charge in [0.25, 0.3) is 5.82 Å². The van der Waals surface area contributed by atoms with Crippen molar-refractivity contribution in [3.05, 3.63) is 96.2 Å². The molecule has 0 radical (unpaired) electrons. The van der Waals surface area contributed by atoms with Gasteiger partial charge in [0.05, 0.1) is 19.3 Å². The molecule has 4 nitrogen and oxygen atoms in total. The number of hydrogen-bond acceptors (Lipinski definition) is 2. The van der Waals surface area contributed by atoms with Gasteiger partial charge in [-0.25, -0.2) is 4.98 Å². The molecule has 4 heteroatoms. The molecule has 2 aromatic carbocycles. The first-order valence-corrected chi connectivity index (χ1v) is 9.90. The Morgan fingerprint density at radius 1 is 0.786 bits per heavy atom. The quantitative estimate of drug-likeness (QED) is 0.689. The number of hydrogen-bond donors (Lipinski definition) is 0. The van der Waals surface area contributed by atoms with Crippen LogP contribution >= 0.6 is 0 Å². The fraction of sp³-hybridized carbons (Fsp3) is 0.250. The number of pyridine rings is 1. The number of benzene rings is 2. The Balaban J connectivity index is 1.44. The van der Waals surface area contributed by atoms with Crippen molar-refractivity contribution in [2.24, 2.45) is 0 Å². The lowest BCUT2D eigenvalue weighted by atomic mass is 9.88. The monoisotopic (exact) mass is 372 g/mol. The van der Waals surface area contributed by atoms with Crippen molar-refractivity contribution in [1.82, 2.24) is 4.90 Å². The number of amides is 1. The standard InChI is InChI=1S/C24H25N3O/c28-24(27-17-15-26(16-18-27)23-13-7-8-14-25-23)19-22(20-9-3-1-4-10-20)21-11-5-2-6-12-21/h1-14,22H,15-19H2/p+1. The summed E-state index contributed by atoms with van der Waals surface area (Å²) in [6.45, 7) is 3.23. The van der Waals surface area contributed by atoms with Crippen LogP contribution in [0.25, 0.3) is 0 Å². The van der Waals surface area contributed by atoms with Crippen LogP contribution in [0.5, 0.6) is 0 Å². The Morgan fingerprint density at radius 2 is 1.36 bits per heavy atom. The summed E-state index contributed by atoms with van der Waals surface area (Å²) < 4.78 is 0. The second kappa shape index (κ2) is 8.70. The van der Waals surface area contributed by atoms with Gasteiger partial charge in [0, 0.05) is 18.4 Å². The summed E-state index contributed by atoms with van der Waals surface area (Å²) in [7, 11) is 0. The number of carbonyl (C=O) groups excluding carboxylic acids is 1. The first kappa shape index (κ1) is 18.2. The SMILES string of the molecule is O=C(CC(c1ccccc1)c1ccccc1)N1CCN(c2cccc[nH+]2)CC1. The Labute approximate surface area is 166 Å². The molecule has 1 saturated heterocycles. The number of nitrogens with one attached hydrogen (secondary N) is 1. The molecule has 3 aromatic rings. The number of piperazine rings is 1. The first-order valence-electron chi connectivity index (χ1n) is 9.90. The van der Waals surface area contributed by atoms with Gasteiger partial charge in [0.1, 0.15) is 13.1 Å². The Morgan fingerprint density at radius 3 is 1.89 bits per heavy atom. The van der Waals surface area contributed by atoms with Crippen molar-refractivity contribution in [3.8, 4) is 0 Å². The third kappa shape index (κ3) is 4.22. The molecular weight excluding hydrogens is 346 g/mol. The van der Waals surface area contributed by atoms with E-state index in [9.17, 15) is 4.79 Å². The highest BCUT2D eigenvalue weighted by Gasteiger charge is 2.28. The van der Waals surface area contributed by atoms with Crippen LogP contribution in [-0.2, 0) is 4.79 Å². The van der Waals surface area contributed by atoms with Gasteiger partial charge >= 0.3 is 0 Å². The maximum Gasteiger partial charge on any atom is 0.274 e. The summed E-state index contributed by atoms with van der Waals surface area (Å²) in [6.07, 6.45) is 2.45. The molecular formula is C24H26N3O+. The van der Waals surface area contributed by atoms with E-state index in [1.54, 1.807) is 0 Å². The minimum atomic E-state index is 0.0930. The van der Waals surface area contributed by atoms with E-state index in [0.717, 1.165) is 32.0 Å². The molecule has 1 fully saturated rings. The number of nitrogens with zero attached hydrogens (tertiary/aromatic N) is 2. The third-order valence-electron chi connectivity index (χ3n) is 5.45. The summed E-state index contributed by atoms with van der Waals surface area (Å²) in [4.78, 5) is 20.7. The molecule has 28 heavy (non-hydrogen) atoms. The number of rotatable bonds is 5. The van der Waals surface area contributed by atoms with E-state index >= 15 is 0 Å². The predicted octanol–water partition coefficient (Wildman–Crippen LogP) is 3.37. The highest BCUT2D eigenvalue weighted by atomic mass is 16.2. The van der Waals surface area contributed by atoms with Crippen molar-refractivity contribution in [2.75, 3.05) is 31.1 Å². The van der Waals surface area contributed by atoms with E-state index in [-0.39, 0.29) is 11.8 Å². The third-order valence-corrected chi connectivity index (χ3v) is 5.45. The van der Waals surface area contributed by atoms with Gasteiger partial charge < -0.3 is 4.90 Å². The van der Waals surface area contributed by atoms with Crippen molar-refractivity contribution >= 4 is 11.7 Å². The lowest BCUT2D eigenvalue weighted by molar-refractivity contribution is -0.364. The fourth-order valence-corrected chi connectivity index (χ4v) is 3.88. The summed E-state index contributed by atoms with van der Waals surface area (Å²) >= 11 is 0. The van der Waals surface area contributed by atoms with Gasteiger partial charge in [-0.05, 0) is 17.2 Å². The number of aromatic nitrogens is 1. The van der Waals surface area contributed by atoms with E-state index in [1.807, 2.05) is 59.6 Å². The maximum absolute atomic E-state index is 13.1. The molecule has 142 valence electrons. The van der Waals surface area contributed by atoms with Crippen LogP contribution < -0.4 is 9.88 Å². The Kier molecular flexibility index (Phi) is 5.66. The van der Waals surface area contributed by atoms with E-state index < -0.39 is 0 Å². The van der Waals surface area contributed by atoms with Crippen LogP contribution in [0.2, 0.25) is 0 Å². The molecule has 1 amide bonds. The van der Waals surface area contributed by atoms with Crippen LogP contribution in [0.15, 0.2) is 85.1 Å². The predicted molar refractivity (Wildman–Crippen MR) is 111 cm³/mol. The normalized spacial score (nSPS) is 14.3. The molecule has 0 atom stereocenters. The number of anilines is 1. The minimum Gasteiger partial charge on any atom is -0.335 e. The van der Waals surface area contributed by atoms with Crippen LogP contribution in [0.4, 0.5) is 5.82 Å². The molecule has 0 spiro atoms. The summed E-state index contributed by atoms with van der Waals surface area (Å²) in [5.74, 6) is 1.44. The van der Waals surface area contributed by atoms with Crippen LogP contribution in [0, 0.1) is 0 Å². The zero-order valence-electron chi connectivity index (χ0n) is 16.0. The largest absolute Gasteiger partial charge is 0.335 e. The second-order valence-corrected chi connectivity index (χ2v) is 7.19. The van der Waals surface area contributed by atoms with Gasteiger partial charge in [-0.1, -0.05) is 66.7 Å².